The number of nitrogens with zero attached hydrogens (tertiary/aromatic N) is 4. The van der Waals surface area contributed by atoms with Crippen LogP contribution in [0.2, 0.25) is 0 Å². The largest absolute Gasteiger partial charge is 0.355 e. The number of aromatic nitrogens is 3. The molecule has 1 aliphatic rings. The highest BCUT2D eigenvalue weighted by Gasteiger charge is 2.27. The van der Waals surface area contributed by atoms with Crippen molar-refractivity contribution in [1.29, 1.82) is 0 Å². The Kier molecular flexibility index (Phi) is 8.28. The second-order valence-electron chi connectivity index (χ2n) is 7.53. The molecule has 1 aromatic carbocycles. The number of rotatable bonds is 9. The molecule has 3 rings (SSSR count). The van der Waals surface area contributed by atoms with Crippen LogP contribution in [-0.2, 0) is 30.8 Å². The molecular formula is C20H29N5O5S2. The van der Waals surface area contributed by atoms with Gasteiger partial charge in [0.05, 0.1) is 16.7 Å². The van der Waals surface area contributed by atoms with Crippen LogP contribution in [0.3, 0.4) is 0 Å². The highest BCUT2D eigenvalue weighted by Crippen LogP contribution is 2.31. The van der Waals surface area contributed by atoms with Gasteiger partial charge >= 0.3 is 0 Å². The Morgan fingerprint density at radius 3 is 2.69 bits per heavy atom. The lowest BCUT2D eigenvalue weighted by molar-refractivity contribution is -0.120. The number of nitrogens with one attached hydrogen (secondary N) is 1. The van der Waals surface area contributed by atoms with E-state index in [0.717, 1.165) is 23.6 Å². The van der Waals surface area contributed by atoms with Crippen molar-refractivity contribution in [2.45, 2.75) is 47.4 Å². The van der Waals surface area contributed by atoms with E-state index < -0.39 is 16.3 Å². The van der Waals surface area contributed by atoms with Gasteiger partial charge in [0, 0.05) is 40.4 Å². The number of thioether (sulfide) groups is 1. The van der Waals surface area contributed by atoms with Crippen molar-refractivity contribution in [3.63, 3.8) is 0 Å². The summed E-state index contributed by atoms with van der Waals surface area (Å²) >= 11 is 1.35. The van der Waals surface area contributed by atoms with E-state index in [-0.39, 0.29) is 22.6 Å². The van der Waals surface area contributed by atoms with Gasteiger partial charge in [0.1, 0.15) is 0 Å². The zero-order valence-electron chi connectivity index (χ0n) is 18.6. The predicted octanol–water partition coefficient (Wildman–Crippen LogP) is 1.58. The van der Waals surface area contributed by atoms with E-state index in [2.05, 4.69) is 15.5 Å². The number of benzene rings is 1. The number of hydrogen-bond donors (Lipinski definition) is 1. The van der Waals surface area contributed by atoms with E-state index in [0.29, 0.717) is 23.1 Å². The zero-order chi connectivity index (χ0) is 23.3. The summed E-state index contributed by atoms with van der Waals surface area (Å²) in [5.41, 5.74) is 0.587. The number of methoxy groups -OCH3 is 2. The van der Waals surface area contributed by atoms with Crippen LogP contribution in [0.15, 0.2) is 34.3 Å². The summed E-state index contributed by atoms with van der Waals surface area (Å²) in [7, 11) is 2.43. The number of hydrogen-bond acceptors (Lipinski definition) is 8. The van der Waals surface area contributed by atoms with Crippen LogP contribution in [0.1, 0.15) is 19.3 Å². The third kappa shape index (κ3) is 5.49. The van der Waals surface area contributed by atoms with Gasteiger partial charge in [-0.2, -0.15) is 0 Å². The molecule has 0 radical (unpaired) electrons. The van der Waals surface area contributed by atoms with Crippen LogP contribution in [0.25, 0.3) is 11.4 Å². The minimum atomic E-state index is -3.61. The molecule has 0 aliphatic carbocycles. The zero-order valence-corrected chi connectivity index (χ0v) is 20.3. The second-order valence-corrected chi connectivity index (χ2v) is 10.8. The summed E-state index contributed by atoms with van der Waals surface area (Å²) in [4.78, 5) is 12.6. The normalized spacial score (nSPS) is 17.6. The van der Waals surface area contributed by atoms with Gasteiger partial charge in [-0.25, -0.2) is 12.7 Å². The van der Waals surface area contributed by atoms with Crippen LogP contribution in [0, 0.1) is 0 Å². The molecule has 1 N–H and O–H groups in total. The van der Waals surface area contributed by atoms with Crippen molar-refractivity contribution in [2.24, 2.45) is 0 Å². The monoisotopic (exact) mass is 483 g/mol. The summed E-state index contributed by atoms with van der Waals surface area (Å²) in [6.07, 6.45) is 2.07. The number of carbonyl (C=O) groups excluding carboxylic acids is 1. The maximum atomic E-state index is 12.6. The molecule has 2 aromatic rings. The number of ether oxygens (including phenoxy) is 2. The minimum Gasteiger partial charge on any atom is -0.355 e. The molecule has 1 amide bonds. The molecule has 1 aromatic heterocycles. The van der Waals surface area contributed by atoms with E-state index in [1.165, 1.54) is 46.1 Å². The Bertz CT molecular complexity index is 1040. The number of sulfonamides is 1. The molecule has 1 atom stereocenters. The molecule has 2 heterocycles. The van der Waals surface area contributed by atoms with E-state index in [4.69, 9.17) is 9.47 Å². The quantitative estimate of drug-likeness (QED) is 0.535. The van der Waals surface area contributed by atoms with Crippen LogP contribution < -0.4 is 5.32 Å². The highest BCUT2D eigenvalue weighted by atomic mass is 32.2. The Hall–Kier alpha value is -1.99. The summed E-state index contributed by atoms with van der Waals surface area (Å²) in [6.45, 7) is 0.951. The topological polar surface area (TPSA) is 116 Å². The first-order valence-corrected chi connectivity index (χ1v) is 12.6. The van der Waals surface area contributed by atoms with Crippen LogP contribution >= 0.6 is 11.8 Å². The summed E-state index contributed by atoms with van der Waals surface area (Å²) in [6, 6.07) is 6.55. The van der Waals surface area contributed by atoms with Gasteiger partial charge in [0.15, 0.2) is 17.3 Å². The third-order valence-corrected chi connectivity index (χ3v) is 8.24. The molecule has 176 valence electrons. The Morgan fingerprint density at radius 1 is 1.25 bits per heavy atom. The predicted molar refractivity (Wildman–Crippen MR) is 121 cm³/mol. The lowest BCUT2D eigenvalue weighted by Crippen LogP contribution is -2.31. The molecule has 1 unspecified atom stereocenters. The fourth-order valence-corrected chi connectivity index (χ4v) is 5.36. The molecule has 1 aliphatic heterocycles. The average molecular weight is 484 g/mol. The van der Waals surface area contributed by atoms with Crippen LogP contribution in [0.5, 0.6) is 0 Å². The van der Waals surface area contributed by atoms with Crippen molar-refractivity contribution < 1.29 is 22.7 Å². The van der Waals surface area contributed by atoms with Gasteiger partial charge < -0.3 is 14.8 Å². The Labute approximate surface area is 192 Å². The number of carbonyl (C=O) groups is 1. The SMILES string of the molecule is COC(Cn1c(SC2CCCCNC2=O)nnc1-c1cccc(S(=O)(=O)N(C)C)c1)OC. The minimum absolute atomic E-state index is 0.0160. The molecule has 0 saturated carbocycles. The van der Waals surface area contributed by atoms with Crippen LogP contribution in [-0.4, -0.2) is 79.8 Å². The molecule has 1 fully saturated rings. The van der Waals surface area contributed by atoms with E-state index in [9.17, 15) is 13.2 Å². The summed E-state index contributed by atoms with van der Waals surface area (Å²) in [5, 5.41) is 11.9. The van der Waals surface area contributed by atoms with E-state index in [1.807, 2.05) is 4.57 Å². The molecule has 0 bridgehead atoms. The highest BCUT2D eigenvalue weighted by molar-refractivity contribution is 8.00. The number of amides is 1. The fraction of sp³-hybridized carbons (Fsp3) is 0.550. The van der Waals surface area contributed by atoms with Crippen molar-refractivity contribution in [3.8, 4) is 11.4 Å². The first-order chi connectivity index (χ1) is 15.3. The second kappa shape index (κ2) is 10.8. The Morgan fingerprint density at radius 2 is 2.00 bits per heavy atom. The fourth-order valence-electron chi connectivity index (χ4n) is 3.31. The average Bonchev–Trinajstić information content (AvgIpc) is 3.06. The van der Waals surface area contributed by atoms with Crippen LogP contribution in [0.4, 0.5) is 0 Å². The van der Waals surface area contributed by atoms with Crippen molar-refractivity contribution >= 4 is 27.7 Å². The third-order valence-electron chi connectivity index (χ3n) is 5.18. The first-order valence-electron chi connectivity index (χ1n) is 10.2. The molecular weight excluding hydrogens is 454 g/mol. The Balaban J connectivity index is 2.02. The lowest BCUT2D eigenvalue weighted by atomic mass is 10.2. The van der Waals surface area contributed by atoms with Gasteiger partial charge in [0.2, 0.25) is 15.9 Å². The maximum absolute atomic E-state index is 12.6. The summed E-state index contributed by atoms with van der Waals surface area (Å²) in [5.74, 6) is 0.453. The maximum Gasteiger partial charge on any atom is 0.242 e. The van der Waals surface area contributed by atoms with Gasteiger partial charge in [-0.1, -0.05) is 30.3 Å². The molecule has 1 saturated heterocycles. The summed E-state index contributed by atoms with van der Waals surface area (Å²) < 4.78 is 38.9. The first kappa shape index (κ1) is 24.6. The van der Waals surface area contributed by atoms with Crippen molar-refractivity contribution in [2.75, 3.05) is 34.9 Å². The van der Waals surface area contributed by atoms with Crippen molar-refractivity contribution in [1.82, 2.24) is 24.4 Å². The van der Waals surface area contributed by atoms with Gasteiger partial charge in [-0.15, -0.1) is 10.2 Å². The van der Waals surface area contributed by atoms with E-state index in [1.54, 1.807) is 18.2 Å². The molecule has 0 spiro atoms. The lowest BCUT2D eigenvalue weighted by Gasteiger charge is -2.19. The molecule has 10 nitrogen and oxygen atoms in total. The molecule has 32 heavy (non-hydrogen) atoms. The van der Waals surface area contributed by atoms with Crippen molar-refractivity contribution in [3.05, 3.63) is 24.3 Å². The molecule has 12 heteroatoms. The van der Waals surface area contributed by atoms with Gasteiger partial charge in [-0.3, -0.25) is 9.36 Å². The van der Waals surface area contributed by atoms with Gasteiger partial charge in [-0.05, 0) is 25.0 Å². The smallest absolute Gasteiger partial charge is 0.242 e. The van der Waals surface area contributed by atoms with E-state index >= 15 is 0 Å². The standard InChI is InChI=1S/C20H29N5O5S2/c1-24(2)32(27,28)15-9-7-8-14(12-15)18-22-23-20(25(18)13-17(29-3)30-4)31-16-10-5-6-11-21-19(16)26/h7-9,12,16-17H,5-6,10-11,13H2,1-4H3,(H,21,26). The van der Waals surface area contributed by atoms with Gasteiger partial charge in [0.25, 0.3) is 0 Å².